The summed E-state index contributed by atoms with van der Waals surface area (Å²) in [6.07, 6.45) is 8.79. The second-order valence-corrected chi connectivity index (χ2v) is 4.95. The molecule has 1 heterocycles. The Morgan fingerprint density at radius 2 is 1.78 bits per heavy atom. The summed E-state index contributed by atoms with van der Waals surface area (Å²) in [4.78, 5) is 8.89. The number of aliphatic carboxylic acids is 1. The number of aryl methyl sites for hydroxylation is 1. The largest absolute Gasteiger partial charge is 0.550 e. The molecular weight excluding hydrogens is 300 g/mol. The van der Waals surface area contributed by atoms with Crippen LogP contribution in [0.3, 0.4) is 0 Å². The van der Waals surface area contributed by atoms with Crippen LogP contribution < -0.4 is 9.67 Å². The normalized spacial score (nSPS) is 10.2. The maximum Gasteiger partial charge on any atom is 0.243 e. The Balaban J connectivity index is 0.00000108. The van der Waals surface area contributed by atoms with Gasteiger partial charge in [-0.1, -0.05) is 13.3 Å². The van der Waals surface area contributed by atoms with Gasteiger partial charge in [0, 0.05) is 13.1 Å². The van der Waals surface area contributed by atoms with E-state index < -0.39 is 5.97 Å². The highest BCUT2D eigenvalue weighted by atomic mass is 16.5. The van der Waals surface area contributed by atoms with Crippen molar-refractivity contribution in [1.29, 1.82) is 0 Å². The molecular formula is C16H30N2O5. The lowest BCUT2D eigenvalue weighted by molar-refractivity contribution is -0.696. The first-order valence-electron chi connectivity index (χ1n) is 7.97. The SMILES string of the molecule is CC(=O)[O-].CCCC[n+]1ccn(CCOCCOCCOC)c1. The van der Waals surface area contributed by atoms with Gasteiger partial charge in [0.2, 0.25) is 6.33 Å². The molecule has 0 spiro atoms. The molecule has 7 heteroatoms. The zero-order chi connectivity index (χ0) is 17.3. The summed E-state index contributed by atoms with van der Waals surface area (Å²) < 4.78 is 20.1. The highest BCUT2D eigenvalue weighted by Gasteiger charge is 2.02. The van der Waals surface area contributed by atoms with Crippen molar-refractivity contribution < 1.29 is 28.7 Å². The van der Waals surface area contributed by atoms with E-state index in [0.717, 1.165) is 26.6 Å². The van der Waals surface area contributed by atoms with Gasteiger partial charge in [-0.2, -0.15) is 0 Å². The first-order valence-corrected chi connectivity index (χ1v) is 7.97. The van der Waals surface area contributed by atoms with Crippen molar-refractivity contribution in [2.24, 2.45) is 0 Å². The number of hydrogen-bond donors (Lipinski definition) is 0. The van der Waals surface area contributed by atoms with Gasteiger partial charge >= 0.3 is 0 Å². The number of carboxylic acids is 1. The molecule has 0 atom stereocenters. The molecule has 0 saturated carbocycles. The summed E-state index contributed by atoms with van der Waals surface area (Å²) in [6, 6.07) is 0. The minimum absolute atomic E-state index is 0.630. The number of hydrogen-bond acceptors (Lipinski definition) is 5. The zero-order valence-electron chi connectivity index (χ0n) is 14.5. The highest BCUT2D eigenvalue weighted by molar-refractivity contribution is 5.60. The van der Waals surface area contributed by atoms with Gasteiger partial charge in [0.15, 0.2) is 0 Å². The molecule has 1 aromatic rings. The maximum atomic E-state index is 8.89. The molecule has 0 amide bonds. The van der Waals surface area contributed by atoms with E-state index in [1.165, 1.54) is 12.8 Å². The van der Waals surface area contributed by atoms with Crippen LogP contribution in [-0.4, -0.2) is 50.7 Å². The first-order chi connectivity index (χ1) is 11.1. The summed E-state index contributed by atoms with van der Waals surface area (Å²) in [5.41, 5.74) is 0. The number of nitrogens with zero attached hydrogens (tertiary/aromatic N) is 2. The van der Waals surface area contributed by atoms with E-state index in [1.807, 2.05) is 0 Å². The number of aromatic nitrogens is 2. The minimum atomic E-state index is -1.08. The van der Waals surface area contributed by atoms with Crippen LogP contribution in [0.1, 0.15) is 26.7 Å². The van der Waals surface area contributed by atoms with Crippen LogP contribution in [0.4, 0.5) is 0 Å². The van der Waals surface area contributed by atoms with Gasteiger partial charge in [-0.3, -0.25) is 0 Å². The van der Waals surface area contributed by atoms with Crippen molar-refractivity contribution in [2.45, 2.75) is 39.8 Å². The fourth-order valence-corrected chi connectivity index (χ4v) is 1.68. The van der Waals surface area contributed by atoms with Crippen molar-refractivity contribution in [3.05, 3.63) is 18.7 Å². The summed E-state index contributed by atoms with van der Waals surface area (Å²) in [6.45, 7) is 8.42. The van der Waals surface area contributed by atoms with Gasteiger partial charge in [-0.15, -0.1) is 0 Å². The van der Waals surface area contributed by atoms with Crippen molar-refractivity contribution in [3.63, 3.8) is 0 Å². The van der Waals surface area contributed by atoms with Crippen molar-refractivity contribution in [3.8, 4) is 0 Å². The van der Waals surface area contributed by atoms with Crippen LogP contribution in [0.15, 0.2) is 18.7 Å². The fourth-order valence-electron chi connectivity index (χ4n) is 1.68. The van der Waals surface area contributed by atoms with Crippen molar-refractivity contribution in [1.82, 2.24) is 4.57 Å². The lowest BCUT2D eigenvalue weighted by Crippen LogP contribution is -2.30. The van der Waals surface area contributed by atoms with Crippen LogP contribution in [0.5, 0.6) is 0 Å². The summed E-state index contributed by atoms with van der Waals surface area (Å²) in [7, 11) is 1.67. The smallest absolute Gasteiger partial charge is 0.243 e. The Hall–Kier alpha value is -1.44. The zero-order valence-corrected chi connectivity index (χ0v) is 14.5. The monoisotopic (exact) mass is 330 g/mol. The molecule has 0 bridgehead atoms. The molecule has 0 fully saturated rings. The van der Waals surface area contributed by atoms with E-state index in [9.17, 15) is 0 Å². The molecule has 134 valence electrons. The topological polar surface area (TPSA) is 76.6 Å². The third kappa shape index (κ3) is 15.2. The molecule has 0 radical (unpaired) electrons. The molecule has 0 aliphatic heterocycles. The predicted molar refractivity (Wildman–Crippen MR) is 83.7 cm³/mol. The second kappa shape index (κ2) is 15.5. The number of carbonyl (C=O) groups is 1. The maximum absolute atomic E-state index is 8.89. The van der Waals surface area contributed by atoms with Crippen LogP contribution >= 0.6 is 0 Å². The van der Waals surface area contributed by atoms with Crippen LogP contribution in [0, 0.1) is 0 Å². The number of imidazole rings is 1. The average molecular weight is 330 g/mol. The van der Waals surface area contributed by atoms with Crippen LogP contribution in [0.25, 0.3) is 0 Å². The van der Waals surface area contributed by atoms with Gasteiger partial charge in [0.25, 0.3) is 0 Å². The molecule has 7 nitrogen and oxygen atoms in total. The van der Waals surface area contributed by atoms with Crippen LogP contribution in [0.2, 0.25) is 0 Å². The molecule has 0 aliphatic rings. The van der Waals surface area contributed by atoms with E-state index in [4.69, 9.17) is 24.1 Å². The Bertz CT molecular complexity index is 392. The standard InChI is InChI=1S/C14H27N2O3.C2H4O2/c1-3-4-5-15-6-7-16(14-15)8-9-18-12-13-19-11-10-17-2;1-2(3)4/h6-7,14H,3-5,8-13H2,1-2H3;1H3,(H,3,4)/q+1;/p-1. The minimum Gasteiger partial charge on any atom is -0.550 e. The summed E-state index contributed by atoms with van der Waals surface area (Å²) >= 11 is 0. The average Bonchev–Trinajstić information content (AvgIpc) is 2.95. The van der Waals surface area contributed by atoms with Gasteiger partial charge in [0.05, 0.1) is 39.6 Å². The number of unbranched alkanes of at least 4 members (excludes halogenated alkanes) is 1. The van der Waals surface area contributed by atoms with Crippen molar-refractivity contribution in [2.75, 3.05) is 40.1 Å². The summed E-state index contributed by atoms with van der Waals surface area (Å²) in [5.74, 6) is -1.08. The van der Waals surface area contributed by atoms with Gasteiger partial charge in [-0.25, -0.2) is 9.13 Å². The fraction of sp³-hybridized carbons (Fsp3) is 0.750. The van der Waals surface area contributed by atoms with Crippen LogP contribution in [-0.2, 0) is 32.1 Å². The number of rotatable bonds is 12. The third-order valence-electron chi connectivity index (χ3n) is 2.81. The Morgan fingerprint density at radius 1 is 1.17 bits per heavy atom. The van der Waals surface area contributed by atoms with Gasteiger partial charge < -0.3 is 24.1 Å². The van der Waals surface area contributed by atoms with Gasteiger partial charge in [-0.05, 0) is 13.3 Å². The molecule has 0 unspecified atom stereocenters. The lowest BCUT2D eigenvalue weighted by Gasteiger charge is -2.04. The van der Waals surface area contributed by atoms with E-state index in [1.54, 1.807) is 7.11 Å². The second-order valence-electron chi connectivity index (χ2n) is 4.95. The van der Waals surface area contributed by atoms with E-state index in [-0.39, 0.29) is 0 Å². The predicted octanol–water partition coefficient (Wildman–Crippen LogP) is 0.0115. The quantitative estimate of drug-likeness (QED) is 0.399. The Morgan fingerprint density at radius 3 is 2.39 bits per heavy atom. The third-order valence-corrected chi connectivity index (χ3v) is 2.81. The molecule has 1 aromatic heterocycles. The van der Waals surface area contributed by atoms with E-state index in [2.05, 4.69) is 34.8 Å². The molecule has 1 rings (SSSR count). The van der Waals surface area contributed by atoms with Crippen molar-refractivity contribution >= 4 is 5.97 Å². The molecule has 0 aliphatic carbocycles. The van der Waals surface area contributed by atoms with Gasteiger partial charge in [0.1, 0.15) is 18.9 Å². The molecule has 0 N–H and O–H groups in total. The summed E-state index contributed by atoms with van der Waals surface area (Å²) in [5, 5.41) is 8.89. The number of methoxy groups -OCH3 is 1. The molecule has 23 heavy (non-hydrogen) atoms. The Labute approximate surface area is 138 Å². The number of carboxylic acid groups (broad SMARTS) is 1. The molecule has 0 aromatic carbocycles. The molecule has 0 saturated heterocycles. The Kier molecular flexibility index (Phi) is 14.5. The highest BCUT2D eigenvalue weighted by Crippen LogP contribution is 1.90. The van der Waals surface area contributed by atoms with E-state index >= 15 is 0 Å². The number of carbonyl (C=O) groups excluding carboxylic acids is 1. The lowest BCUT2D eigenvalue weighted by atomic mass is 10.3. The van der Waals surface area contributed by atoms with E-state index in [0.29, 0.717) is 26.4 Å². The first kappa shape index (κ1) is 21.6. The number of ether oxygens (including phenoxy) is 3.